The monoisotopic (exact) mass is 446 g/mol. The molecule has 4 heterocycles. The summed E-state index contributed by atoms with van der Waals surface area (Å²) in [5, 5.41) is 5.62. The Morgan fingerprint density at radius 2 is 1.94 bits per heavy atom. The average molecular weight is 447 g/mol. The van der Waals surface area contributed by atoms with E-state index in [4.69, 9.17) is 10.5 Å². The number of nitrogens with zero attached hydrogens (tertiary/aromatic N) is 5. The van der Waals surface area contributed by atoms with Crippen molar-refractivity contribution in [3.05, 3.63) is 42.1 Å². The van der Waals surface area contributed by atoms with Gasteiger partial charge < -0.3 is 20.3 Å². The van der Waals surface area contributed by atoms with Crippen molar-refractivity contribution in [1.82, 2.24) is 19.7 Å². The van der Waals surface area contributed by atoms with Gasteiger partial charge in [0.05, 0.1) is 23.3 Å². The van der Waals surface area contributed by atoms with Gasteiger partial charge >= 0.3 is 6.09 Å². The predicted octanol–water partition coefficient (Wildman–Crippen LogP) is 4.08. The number of ether oxygens (including phenoxy) is 1. The lowest BCUT2D eigenvalue weighted by Gasteiger charge is -2.35. The summed E-state index contributed by atoms with van der Waals surface area (Å²) in [5.74, 6) is 2.11. The number of aromatic nitrogens is 3. The summed E-state index contributed by atoms with van der Waals surface area (Å²) in [6.07, 6.45) is 5.06. The topological polar surface area (TPSA) is 89.5 Å². The predicted molar refractivity (Wildman–Crippen MR) is 128 cm³/mol. The van der Waals surface area contributed by atoms with E-state index in [2.05, 4.69) is 39.2 Å². The minimum Gasteiger partial charge on any atom is -0.444 e. The van der Waals surface area contributed by atoms with Crippen molar-refractivity contribution in [3.63, 3.8) is 0 Å². The maximum Gasteiger partial charge on any atom is 0.410 e. The van der Waals surface area contributed by atoms with Crippen molar-refractivity contribution in [1.29, 1.82) is 0 Å². The zero-order chi connectivity index (χ0) is 22.9. The van der Waals surface area contributed by atoms with E-state index in [-0.39, 0.29) is 18.2 Å². The Morgan fingerprint density at radius 1 is 1.12 bits per heavy atom. The van der Waals surface area contributed by atoms with Crippen LogP contribution in [0.3, 0.4) is 0 Å². The number of piperazine rings is 1. The van der Waals surface area contributed by atoms with Crippen LogP contribution in [0.25, 0.3) is 16.6 Å². The Bertz CT molecular complexity index is 1240. The molecule has 33 heavy (non-hydrogen) atoms. The van der Waals surface area contributed by atoms with Gasteiger partial charge in [-0.15, -0.1) is 5.10 Å². The number of pyridine rings is 1. The van der Waals surface area contributed by atoms with Gasteiger partial charge in [0.25, 0.3) is 0 Å². The molecule has 1 aliphatic carbocycles. The minimum absolute atomic E-state index is 0.151. The van der Waals surface area contributed by atoms with Gasteiger partial charge in [-0.25, -0.2) is 14.5 Å². The molecular weight excluding hydrogens is 416 g/mol. The summed E-state index contributed by atoms with van der Waals surface area (Å²) < 4.78 is 7.53. The van der Waals surface area contributed by atoms with Crippen molar-refractivity contribution < 1.29 is 9.53 Å². The molecular formula is C25H30N6O2. The molecule has 0 radical (unpaired) electrons. The maximum absolute atomic E-state index is 12.6. The number of hydrogen-bond donors (Lipinski definition) is 1. The zero-order valence-electron chi connectivity index (χ0n) is 19.4. The number of benzene rings is 1. The van der Waals surface area contributed by atoms with Gasteiger partial charge in [-0.1, -0.05) is 6.07 Å². The molecule has 2 aromatic heterocycles. The Kier molecular flexibility index (Phi) is 4.38. The summed E-state index contributed by atoms with van der Waals surface area (Å²) in [4.78, 5) is 21.4. The summed E-state index contributed by atoms with van der Waals surface area (Å²) in [5.41, 5.74) is 9.10. The molecule has 2 aliphatic heterocycles. The van der Waals surface area contributed by atoms with Crippen LogP contribution in [-0.2, 0) is 4.74 Å². The normalized spacial score (nSPS) is 22.4. The van der Waals surface area contributed by atoms with Crippen molar-refractivity contribution in [2.24, 2.45) is 0 Å². The lowest BCUT2D eigenvalue weighted by atomic mass is 10.1. The molecule has 1 amide bonds. The van der Waals surface area contributed by atoms with Crippen LogP contribution >= 0.6 is 0 Å². The summed E-state index contributed by atoms with van der Waals surface area (Å²) in [6, 6.07) is 10.9. The molecule has 2 N–H and O–H groups in total. The van der Waals surface area contributed by atoms with Crippen LogP contribution in [0.1, 0.15) is 51.5 Å². The second-order valence-electron chi connectivity index (χ2n) is 10.5. The Balaban J connectivity index is 1.26. The van der Waals surface area contributed by atoms with E-state index in [0.717, 1.165) is 35.4 Å². The summed E-state index contributed by atoms with van der Waals surface area (Å²) >= 11 is 0. The number of hydrogen-bond acceptors (Lipinski definition) is 6. The molecule has 0 unspecified atom stereocenters. The van der Waals surface area contributed by atoms with Crippen LogP contribution in [0.15, 0.2) is 36.5 Å². The minimum atomic E-state index is -0.484. The highest BCUT2D eigenvalue weighted by atomic mass is 16.6. The first-order valence-corrected chi connectivity index (χ1v) is 11.8. The Labute approximate surface area is 193 Å². The van der Waals surface area contributed by atoms with Crippen LogP contribution in [0.2, 0.25) is 0 Å². The van der Waals surface area contributed by atoms with E-state index in [1.54, 1.807) is 0 Å². The van der Waals surface area contributed by atoms with Gasteiger partial charge in [0.1, 0.15) is 11.4 Å². The third kappa shape index (κ3) is 3.57. The number of amides is 1. The second-order valence-corrected chi connectivity index (χ2v) is 10.5. The van der Waals surface area contributed by atoms with Gasteiger partial charge in [-0.3, -0.25) is 0 Å². The number of carbonyl (C=O) groups excluding carboxylic acids is 1. The van der Waals surface area contributed by atoms with E-state index in [9.17, 15) is 4.79 Å². The first-order chi connectivity index (χ1) is 15.8. The molecule has 3 fully saturated rings. The van der Waals surface area contributed by atoms with Crippen LogP contribution < -0.4 is 10.6 Å². The van der Waals surface area contributed by atoms with Gasteiger partial charge in [0, 0.05) is 30.7 Å². The largest absolute Gasteiger partial charge is 0.444 e. The standard InChI is InChI=1S/C25H30N6O2/c1-25(2,3)33-24(32)30-14-18-11-19(30)13-29(18)22-12-17(8-9-27-22)31-21-10-16(15-4-5-15)6-7-20(21)23(26)28-31/h6-10,12,15,18-19H,4-5,11,13-14H2,1-3H3,(H2,26,28)/t18-,19-/m0/s1. The van der Waals surface area contributed by atoms with Gasteiger partial charge in [0.15, 0.2) is 5.82 Å². The average Bonchev–Trinajstić information content (AvgIpc) is 3.30. The summed E-state index contributed by atoms with van der Waals surface area (Å²) in [6.45, 7) is 7.13. The third-order valence-corrected chi connectivity index (χ3v) is 6.92. The smallest absolute Gasteiger partial charge is 0.410 e. The third-order valence-electron chi connectivity index (χ3n) is 6.92. The second kappa shape index (κ2) is 7.10. The van der Waals surface area contributed by atoms with Crippen LogP contribution in [0.4, 0.5) is 16.4 Å². The molecule has 2 saturated heterocycles. The van der Waals surface area contributed by atoms with Crippen molar-refractivity contribution in [3.8, 4) is 5.69 Å². The fourth-order valence-electron chi connectivity index (χ4n) is 5.21. The number of rotatable bonds is 3. The van der Waals surface area contributed by atoms with Crippen LogP contribution in [-0.4, -0.2) is 56.5 Å². The van der Waals surface area contributed by atoms with Gasteiger partial charge in [-0.2, -0.15) is 0 Å². The molecule has 0 spiro atoms. The molecule has 3 aliphatic rings. The Morgan fingerprint density at radius 3 is 2.64 bits per heavy atom. The lowest BCUT2D eigenvalue weighted by molar-refractivity contribution is 0.0214. The molecule has 8 nitrogen and oxygen atoms in total. The first kappa shape index (κ1) is 20.3. The highest BCUT2D eigenvalue weighted by Crippen LogP contribution is 2.41. The molecule has 2 bridgehead atoms. The fourth-order valence-corrected chi connectivity index (χ4v) is 5.21. The quantitative estimate of drug-likeness (QED) is 0.652. The SMILES string of the molecule is CC(C)(C)OC(=O)N1C[C@@H]2C[C@H]1CN2c1cc(-n2nc(N)c3ccc(C4CC4)cc32)ccn1. The van der Waals surface area contributed by atoms with Gasteiger partial charge in [-0.05, 0) is 69.7 Å². The zero-order valence-corrected chi connectivity index (χ0v) is 19.4. The number of anilines is 2. The van der Waals surface area contributed by atoms with E-state index in [1.165, 1.54) is 18.4 Å². The van der Waals surface area contributed by atoms with Crippen LogP contribution in [0.5, 0.6) is 0 Å². The fraction of sp³-hybridized carbons (Fsp3) is 0.480. The van der Waals surface area contributed by atoms with Crippen LogP contribution in [0, 0.1) is 0 Å². The molecule has 1 saturated carbocycles. The molecule has 3 aromatic rings. The molecule has 8 heteroatoms. The van der Waals surface area contributed by atoms with E-state index >= 15 is 0 Å². The molecule has 1 aromatic carbocycles. The van der Waals surface area contributed by atoms with Crippen molar-refractivity contribution in [2.45, 2.75) is 63.6 Å². The lowest BCUT2D eigenvalue weighted by Crippen LogP contribution is -2.50. The number of fused-ring (bicyclic) bond motifs is 3. The highest BCUT2D eigenvalue weighted by Gasteiger charge is 2.47. The number of carbonyl (C=O) groups is 1. The molecule has 172 valence electrons. The number of nitrogens with two attached hydrogens (primary N) is 1. The summed E-state index contributed by atoms with van der Waals surface area (Å²) in [7, 11) is 0. The van der Waals surface area contributed by atoms with Crippen molar-refractivity contribution in [2.75, 3.05) is 23.7 Å². The van der Waals surface area contributed by atoms with Crippen molar-refractivity contribution >= 4 is 28.6 Å². The Hall–Kier alpha value is -3.29. The maximum atomic E-state index is 12.6. The molecule has 6 rings (SSSR count). The van der Waals surface area contributed by atoms with E-state index in [1.807, 2.05) is 42.6 Å². The van der Waals surface area contributed by atoms with Gasteiger partial charge in [0.2, 0.25) is 0 Å². The molecule has 2 atom stereocenters. The highest BCUT2D eigenvalue weighted by molar-refractivity contribution is 5.91. The van der Waals surface area contributed by atoms with E-state index < -0.39 is 5.60 Å². The number of likely N-dealkylation sites (tertiary alicyclic amines) is 1. The number of nitrogen functional groups attached to an aromatic ring is 1. The van der Waals surface area contributed by atoms with E-state index in [0.29, 0.717) is 18.3 Å². The first-order valence-electron chi connectivity index (χ1n) is 11.8.